The van der Waals surface area contributed by atoms with E-state index in [1.807, 2.05) is 31.2 Å². The molecule has 2 heterocycles. The number of hydrogen-bond donors (Lipinski definition) is 1. The molecule has 21 heavy (non-hydrogen) atoms. The van der Waals surface area contributed by atoms with Gasteiger partial charge in [0.05, 0.1) is 0 Å². The van der Waals surface area contributed by atoms with Gasteiger partial charge in [0.2, 0.25) is 0 Å². The first kappa shape index (κ1) is 14.1. The zero-order chi connectivity index (χ0) is 14.8. The van der Waals surface area contributed by atoms with Crippen molar-refractivity contribution in [2.75, 3.05) is 31.1 Å². The van der Waals surface area contributed by atoms with Gasteiger partial charge < -0.3 is 15.1 Å². The number of benzene rings is 1. The number of piperidine rings is 1. The van der Waals surface area contributed by atoms with Crippen LogP contribution >= 0.6 is 0 Å². The summed E-state index contributed by atoms with van der Waals surface area (Å²) in [6.07, 6.45) is 1.87. The van der Waals surface area contributed by atoms with Gasteiger partial charge in [0.25, 0.3) is 0 Å². The van der Waals surface area contributed by atoms with E-state index in [1.165, 1.54) is 0 Å². The second-order valence-electron chi connectivity index (χ2n) is 5.78. The molecule has 2 aliphatic rings. The van der Waals surface area contributed by atoms with Gasteiger partial charge in [0.15, 0.2) is 0 Å². The molecule has 0 atom stereocenters. The van der Waals surface area contributed by atoms with Crippen molar-refractivity contribution in [3.63, 3.8) is 0 Å². The van der Waals surface area contributed by atoms with E-state index in [0.717, 1.165) is 37.2 Å². The molecule has 1 aromatic rings. The second kappa shape index (κ2) is 5.85. The van der Waals surface area contributed by atoms with Gasteiger partial charge in [-0.1, -0.05) is 12.1 Å². The Morgan fingerprint density at radius 1 is 1.10 bits per heavy atom. The summed E-state index contributed by atoms with van der Waals surface area (Å²) in [6.45, 7) is 5.04. The first-order valence-electron chi connectivity index (χ1n) is 7.56. The number of nitrogens with zero attached hydrogens (tertiary/aromatic N) is 2. The molecule has 0 radical (unpaired) electrons. The van der Waals surface area contributed by atoms with E-state index in [-0.39, 0.29) is 11.9 Å². The molecule has 0 saturated carbocycles. The van der Waals surface area contributed by atoms with E-state index in [2.05, 4.69) is 5.32 Å². The molecular formula is C16H21N3O2. The number of anilines is 1. The molecule has 2 saturated heterocycles. The first-order chi connectivity index (χ1) is 10.2. The fourth-order valence-corrected chi connectivity index (χ4v) is 3.16. The van der Waals surface area contributed by atoms with E-state index < -0.39 is 5.91 Å². The Morgan fingerprint density at radius 3 is 2.57 bits per heavy atom. The van der Waals surface area contributed by atoms with Gasteiger partial charge in [0.1, 0.15) is 0 Å². The predicted octanol–water partition coefficient (Wildman–Crippen LogP) is 0.922. The Balaban J connectivity index is 1.75. The summed E-state index contributed by atoms with van der Waals surface area (Å²) in [7, 11) is 0. The number of rotatable bonds is 2. The summed E-state index contributed by atoms with van der Waals surface area (Å²) in [4.78, 5) is 28.2. The molecule has 0 aromatic heterocycles. The minimum Gasteiger partial charge on any atom is -0.330 e. The zero-order valence-corrected chi connectivity index (χ0v) is 12.3. The molecule has 2 amide bonds. The van der Waals surface area contributed by atoms with Crippen molar-refractivity contribution in [2.45, 2.75) is 25.8 Å². The topological polar surface area (TPSA) is 52.6 Å². The molecular weight excluding hydrogens is 266 g/mol. The van der Waals surface area contributed by atoms with Crippen LogP contribution in [-0.4, -0.2) is 48.9 Å². The Hall–Kier alpha value is -1.88. The van der Waals surface area contributed by atoms with Crippen LogP contribution in [-0.2, 0) is 9.59 Å². The fraction of sp³-hybridized carbons (Fsp3) is 0.500. The zero-order valence-electron chi connectivity index (χ0n) is 12.3. The van der Waals surface area contributed by atoms with Crippen molar-refractivity contribution in [3.8, 4) is 0 Å². The van der Waals surface area contributed by atoms with Crippen LogP contribution in [0, 0.1) is 6.92 Å². The van der Waals surface area contributed by atoms with Crippen molar-refractivity contribution in [2.24, 2.45) is 0 Å². The van der Waals surface area contributed by atoms with Crippen LogP contribution in [0.4, 0.5) is 5.69 Å². The highest BCUT2D eigenvalue weighted by Gasteiger charge is 2.37. The lowest BCUT2D eigenvalue weighted by Gasteiger charge is -2.40. The lowest BCUT2D eigenvalue weighted by molar-refractivity contribution is -0.148. The highest BCUT2D eigenvalue weighted by atomic mass is 16.2. The van der Waals surface area contributed by atoms with Crippen LogP contribution in [0.5, 0.6) is 0 Å². The summed E-state index contributed by atoms with van der Waals surface area (Å²) in [6, 6.07) is 7.95. The van der Waals surface area contributed by atoms with E-state index in [4.69, 9.17) is 0 Å². The Morgan fingerprint density at radius 2 is 1.86 bits per heavy atom. The number of nitrogens with one attached hydrogen (secondary N) is 1. The average molecular weight is 287 g/mol. The number of carbonyl (C=O) groups is 2. The predicted molar refractivity (Wildman–Crippen MR) is 81.1 cm³/mol. The van der Waals surface area contributed by atoms with E-state index in [9.17, 15) is 9.59 Å². The molecule has 0 aliphatic carbocycles. The summed E-state index contributed by atoms with van der Waals surface area (Å²) in [5, 5.41) is 3.29. The average Bonchev–Trinajstić information content (AvgIpc) is 2.51. The quantitative estimate of drug-likeness (QED) is 0.823. The number of aryl methyl sites for hydroxylation is 1. The monoisotopic (exact) mass is 287 g/mol. The molecule has 5 nitrogen and oxygen atoms in total. The van der Waals surface area contributed by atoms with Crippen molar-refractivity contribution < 1.29 is 9.59 Å². The third-order valence-corrected chi connectivity index (χ3v) is 4.32. The van der Waals surface area contributed by atoms with Gasteiger partial charge in [-0.2, -0.15) is 0 Å². The smallest absolute Gasteiger partial charge is 0.316 e. The lowest BCUT2D eigenvalue weighted by Crippen LogP contribution is -2.59. The minimum atomic E-state index is -0.398. The molecule has 3 rings (SSSR count). The third-order valence-electron chi connectivity index (χ3n) is 4.32. The standard InChI is InChI=1S/C16H21N3O2/c1-12-3-2-4-14(11-12)19-10-9-18(15(20)16(19)21)13-5-7-17-8-6-13/h2-4,11,13,17H,5-10H2,1H3. The Bertz CT molecular complexity index is 552. The number of piperazine rings is 1. The second-order valence-corrected chi connectivity index (χ2v) is 5.78. The normalized spacial score (nSPS) is 21.0. The molecule has 5 heteroatoms. The lowest BCUT2D eigenvalue weighted by atomic mass is 10.0. The molecule has 1 aromatic carbocycles. The minimum absolute atomic E-state index is 0.211. The van der Waals surface area contributed by atoms with Crippen LogP contribution in [0.1, 0.15) is 18.4 Å². The highest BCUT2D eigenvalue weighted by Crippen LogP contribution is 2.22. The van der Waals surface area contributed by atoms with Crippen molar-refractivity contribution in [1.29, 1.82) is 0 Å². The van der Waals surface area contributed by atoms with Crippen molar-refractivity contribution in [3.05, 3.63) is 29.8 Å². The summed E-state index contributed by atoms with van der Waals surface area (Å²) in [5.74, 6) is -0.750. The van der Waals surface area contributed by atoms with E-state index in [0.29, 0.717) is 13.1 Å². The summed E-state index contributed by atoms with van der Waals surface area (Å²) in [5.41, 5.74) is 1.91. The first-order valence-corrected chi connectivity index (χ1v) is 7.56. The molecule has 112 valence electrons. The fourth-order valence-electron chi connectivity index (χ4n) is 3.16. The van der Waals surface area contributed by atoms with Crippen LogP contribution < -0.4 is 10.2 Å². The van der Waals surface area contributed by atoms with Gasteiger partial charge in [-0.3, -0.25) is 9.59 Å². The van der Waals surface area contributed by atoms with Crippen LogP contribution in [0.3, 0.4) is 0 Å². The maximum atomic E-state index is 12.4. The van der Waals surface area contributed by atoms with Crippen molar-refractivity contribution >= 4 is 17.5 Å². The van der Waals surface area contributed by atoms with Gasteiger partial charge in [0, 0.05) is 24.8 Å². The SMILES string of the molecule is Cc1cccc(N2CCN(C3CCNCC3)C(=O)C2=O)c1. The van der Waals surface area contributed by atoms with Gasteiger partial charge in [-0.15, -0.1) is 0 Å². The highest BCUT2D eigenvalue weighted by molar-refractivity contribution is 6.41. The summed E-state index contributed by atoms with van der Waals surface area (Å²) >= 11 is 0. The third kappa shape index (κ3) is 2.78. The van der Waals surface area contributed by atoms with E-state index >= 15 is 0 Å². The van der Waals surface area contributed by atoms with E-state index in [1.54, 1.807) is 9.80 Å². The molecule has 2 aliphatic heterocycles. The van der Waals surface area contributed by atoms with Crippen LogP contribution in [0.2, 0.25) is 0 Å². The van der Waals surface area contributed by atoms with Crippen LogP contribution in [0.25, 0.3) is 0 Å². The van der Waals surface area contributed by atoms with Gasteiger partial charge >= 0.3 is 11.8 Å². The van der Waals surface area contributed by atoms with Crippen molar-refractivity contribution in [1.82, 2.24) is 10.2 Å². The Labute approximate surface area is 124 Å². The maximum absolute atomic E-state index is 12.4. The number of carbonyl (C=O) groups excluding carboxylic acids is 2. The molecule has 0 unspecified atom stereocenters. The number of amides is 2. The maximum Gasteiger partial charge on any atom is 0.316 e. The van der Waals surface area contributed by atoms with Gasteiger partial charge in [-0.25, -0.2) is 0 Å². The Kier molecular flexibility index (Phi) is 3.92. The van der Waals surface area contributed by atoms with Gasteiger partial charge in [-0.05, 0) is 50.6 Å². The molecule has 2 fully saturated rings. The molecule has 0 spiro atoms. The number of hydrogen-bond acceptors (Lipinski definition) is 3. The van der Waals surface area contributed by atoms with Crippen LogP contribution in [0.15, 0.2) is 24.3 Å². The summed E-state index contributed by atoms with van der Waals surface area (Å²) < 4.78 is 0. The molecule has 1 N–H and O–H groups in total. The largest absolute Gasteiger partial charge is 0.330 e. The molecule has 0 bridgehead atoms.